The summed E-state index contributed by atoms with van der Waals surface area (Å²) in [6.45, 7) is 0.268. The monoisotopic (exact) mass is 301 g/mol. The molecule has 7 nitrogen and oxygen atoms in total. The number of ether oxygens (including phenoxy) is 2. The molecule has 0 fully saturated rings. The van der Waals surface area contributed by atoms with Gasteiger partial charge in [-0.1, -0.05) is 12.1 Å². The molecule has 2 rings (SSSR count). The quantitative estimate of drug-likeness (QED) is 0.682. The Balaban J connectivity index is 0.00000200. The van der Waals surface area contributed by atoms with E-state index in [1.54, 1.807) is 6.07 Å². The Kier molecular flexibility index (Phi) is 6.08. The van der Waals surface area contributed by atoms with Crippen molar-refractivity contribution in [1.82, 2.24) is 10.6 Å². The van der Waals surface area contributed by atoms with Gasteiger partial charge in [0.2, 0.25) is 18.6 Å². The summed E-state index contributed by atoms with van der Waals surface area (Å²) in [5.41, 5.74) is 5.94. The summed E-state index contributed by atoms with van der Waals surface area (Å²) in [6.07, 6.45) is 0. The van der Waals surface area contributed by atoms with E-state index in [2.05, 4.69) is 10.6 Å². The van der Waals surface area contributed by atoms with Gasteiger partial charge in [-0.15, -0.1) is 12.4 Å². The van der Waals surface area contributed by atoms with Crippen molar-refractivity contribution in [3.05, 3.63) is 23.8 Å². The predicted octanol–water partition coefficient (Wildman–Crippen LogP) is -0.472. The number of para-hydroxylation sites is 1. The first-order chi connectivity index (χ1) is 9.20. The van der Waals surface area contributed by atoms with Crippen molar-refractivity contribution in [2.75, 3.05) is 19.9 Å². The summed E-state index contributed by atoms with van der Waals surface area (Å²) in [6, 6.07) is 5.46. The van der Waals surface area contributed by atoms with E-state index in [0.717, 1.165) is 5.56 Å². The zero-order valence-electron chi connectivity index (χ0n) is 10.7. The Morgan fingerprint density at radius 2 is 2.00 bits per heavy atom. The van der Waals surface area contributed by atoms with Gasteiger partial charge in [-0.2, -0.15) is 0 Å². The highest BCUT2D eigenvalue weighted by molar-refractivity contribution is 5.85. The van der Waals surface area contributed by atoms with E-state index in [1.165, 1.54) is 0 Å². The van der Waals surface area contributed by atoms with Gasteiger partial charge in [0.15, 0.2) is 11.5 Å². The molecule has 1 heterocycles. The molecule has 110 valence electrons. The summed E-state index contributed by atoms with van der Waals surface area (Å²) in [7, 11) is 0. The van der Waals surface area contributed by atoms with E-state index in [-0.39, 0.29) is 44.1 Å². The lowest BCUT2D eigenvalue weighted by Crippen LogP contribution is -2.39. The van der Waals surface area contributed by atoms with E-state index in [1.807, 2.05) is 12.1 Å². The van der Waals surface area contributed by atoms with E-state index in [9.17, 15) is 9.59 Å². The minimum absolute atomic E-state index is 0. The smallest absolute Gasteiger partial charge is 0.239 e. The standard InChI is InChI=1S/C12H15N3O4.ClH/c13-4-10(16)15-6-11(17)14-5-8-2-1-3-9-12(8)19-7-18-9;/h1-3H,4-7,13H2,(H,14,17)(H,15,16);1H. The van der Waals surface area contributed by atoms with Gasteiger partial charge in [-0.25, -0.2) is 0 Å². The molecule has 0 bridgehead atoms. The van der Waals surface area contributed by atoms with Crippen LogP contribution < -0.4 is 25.8 Å². The van der Waals surface area contributed by atoms with Crippen molar-refractivity contribution in [2.45, 2.75) is 6.54 Å². The summed E-state index contributed by atoms with van der Waals surface area (Å²) >= 11 is 0. The fraction of sp³-hybridized carbons (Fsp3) is 0.333. The number of amides is 2. The molecule has 8 heteroatoms. The fourth-order valence-electron chi connectivity index (χ4n) is 1.64. The zero-order chi connectivity index (χ0) is 13.7. The van der Waals surface area contributed by atoms with Gasteiger partial charge in [0.1, 0.15) is 0 Å². The Bertz CT molecular complexity index is 496. The van der Waals surface area contributed by atoms with Crippen molar-refractivity contribution in [3.8, 4) is 11.5 Å². The molecule has 0 aliphatic carbocycles. The van der Waals surface area contributed by atoms with Crippen LogP contribution in [0.3, 0.4) is 0 Å². The molecule has 1 aromatic carbocycles. The molecule has 1 aromatic rings. The maximum atomic E-state index is 11.5. The van der Waals surface area contributed by atoms with Gasteiger partial charge < -0.3 is 25.8 Å². The lowest BCUT2D eigenvalue weighted by Gasteiger charge is -2.08. The third-order valence-electron chi connectivity index (χ3n) is 2.59. The maximum Gasteiger partial charge on any atom is 0.239 e. The molecule has 0 spiro atoms. The second-order valence-electron chi connectivity index (χ2n) is 3.91. The SMILES string of the molecule is Cl.NCC(=O)NCC(=O)NCc1cccc2c1OCO2. The predicted molar refractivity (Wildman–Crippen MR) is 73.7 cm³/mol. The van der Waals surface area contributed by atoms with Gasteiger partial charge >= 0.3 is 0 Å². The minimum Gasteiger partial charge on any atom is -0.454 e. The van der Waals surface area contributed by atoms with Crippen LogP contribution in [-0.2, 0) is 16.1 Å². The number of carbonyl (C=O) groups is 2. The number of halogens is 1. The van der Waals surface area contributed by atoms with Crippen LogP contribution in [0.4, 0.5) is 0 Å². The van der Waals surface area contributed by atoms with Crippen LogP contribution in [0.15, 0.2) is 18.2 Å². The van der Waals surface area contributed by atoms with Gasteiger partial charge in [0.05, 0.1) is 13.1 Å². The molecular weight excluding hydrogens is 286 g/mol. The highest BCUT2D eigenvalue weighted by Crippen LogP contribution is 2.35. The molecule has 0 atom stereocenters. The maximum absolute atomic E-state index is 11.5. The van der Waals surface area contributed by atoms with Gasteiger partial charge in [-0.05, 0) is 6.07 Å². The van der Waals surface area contributed by atoms with Crippen molar-refractivity contribution in [1.29, 1.82) is 0 Å². The lowest BCUT2D eigenvalue weighted by molar-refractivity contribution is -0.125. The molecule has 4 N–H and O–H groups in total. The highest BCUT2D eigenvalue weighted by atomic mass is 35.5. The zero-order valence-corrected chi connectivity index (χ0v) is 11.5. The second kappa shape index (κ2) is 7.56. The van der Waals surface area contributed by atoms with Crippen molar-refractivity contribution < 1.29 is 19.1 Å². The van der Waals surface area contributed by atoms with Gasteiger partial charge in [0, 0.05) is 12.1 Å². The number of carbonyl (C=O) groups excluding carboxylic acids is 2. The molecule has 0 unspecified atom stereocenters. The molecule has 2 amide bonds. The molecular formula is C12H16ClN3O4. The summed E-state index contributed by atoms with van der Waals surface area (Å²) in [4.78, 5) is 22.4. The molecule has 0 aromatic heterocycles. The van der Waals surface area contributed by atoms with Crippen LogP contribution in [-0.4, -0.2) is 31.7 Å². The van der Waals surface area contributed by atoms with E-state index in [4.69, 9.17) is 15.2 Å². The molecule has 0 saturated heterocycles. The average molecular weight is 302 g/mol. The summed E-state index contributed by atoms with van der Waals surface area (Å²) < 4.78 is 10.6. The third-order valence-corrected chi connectivity index (χ3v) is 2.59. The van der Waals surface area contributed by atoms with Crippen LogP contribution in [0, 0.1) is 0 Å². The van der Waals surface area contributed by atoms with E-state index >= 15 is 0 Å². The van der Waals surface area contributed by atoms with Crippen LogP contribution in [0.25, 0.3) is 0 Å². The third kappa shape index (κ3) is 4.01. The number of hydrogen-bond donors (Lipinski definition) is 3. The van der Waals surface area contributed by atoms with Crippen LogP contribution >= 0.6 is 12.4 Å². The number of rotatable bonds is 5. The molecule has 0 radical (unpaired) electrons. The first-order valence-corrected chi connectivity index (χ1v) is 5.81. The number of hydrogen-bond acceptors (Lipinski definition) is 5. The fourth-order valence-corrected chi connectivity index (χ4v) is 1.64. The molecule has 20 heavy (non-hydrogen) atoms. The highest BCUT2D eigenvalue weighted by Gasteiger charge is 2.17. The molecule has 1 aliphatic rings. The van der Waals surface area contributed by atoms with Crippen molar-refractivity contribution in [2.24, 2.45) is 5.73 Å². The Morgan fingerprint density at radius 1 is 1.20 bits per heavy atom. The summed E-state index contributed by atoms with van der Waals surface area (Å²) in [5, 5.41) is 5.07. The van der Waals surface area contributed by atoms with E-state index in [0.29, 0.717) is 18.0 Å². The van der Waals surface area contributed by atoms with Crippen LogP contribution in [0.2, 0.25) is 0 Å². The minimum atomic E-state index is -0.368. The van der Waals surface area contributed by atoms with Crippen molar-refractivity contribution >= 4 is 24.2 Å². The van der Waals surface area contributed by atoms with Crippen LogP contribution in [0.1, 0.15) is 5.56 Å². The first kappa shape index (κ1) is 16.1. The summed E-state index contributed by atoms with van der Waals surface area (Å²) in [5.74, 6) is 0.655. The Hall–Kier alpha value is -1.99. The number of benzene rings is 1. The topological polar surface area (TPSA) is 103 Å². The van der Waals surface area contributed by atoms with Crippen molar-refractivity contribution in [3.63, 3.8) is 0 Å². The Labute approximate surface area is 122 Å². The lowest BCUT2D eigenvalue weighted by atomic mass is 10.2. The normalized spacial score (nSPS) is 11.4. The number of fused-ring (bicyclic) bond motifs is 1. The first-order valence-electron chi connectivity index (χ1n) is 5.81. The molecule has 0 saturated carbocycles. The second-order valence-corrected chi connectivity index (χ2v) is 3.91. The number of nitrogens with two attached hydrogens (primary N) is 1. The average Bonchev–Trinajstić information content (AvgIpc) is 2.91. The number of nitrogens with one attached hydrogen (secondary N) is 2. The van der Waals surface area contributed by atoms with Gasteiger partial charge in [0.25, 0.3) is 0 Å². The Morgan fingerprint density at radius 3 is 2.75 bits per heavy atom. The molecule has 1 aliphatic heterocycles. The van der Waals surface area contributed by atoms with Crippen LogP contribution in [0.5, 0.6) is 11.5 Å². The largest absolute Gasteiger partial charge is 0.454 e. The van der Waals surface area contributed by atoms with E-state index < -0.39 is 0 Å². The van der Waals surface area contributed by atoms with Gasteiger partial charge in [-0.3, -0.25) is 9.59 Å².